The molecule has 2 aromatic rings. The zero-order valence-electron chi connectivity index (χ0n) is 12.9. The van der Waals surface area contributed by atoms with Gasteiger partial charge in [-0.05, 0) is 109 Å². The minimum absolute atomic E-state index is 0.464. The number of hydrogen-bond acceptors (Lipinski definition) is 2. The number of aryl methyl sites for hydroxylation is 4. The summed E-state index contributed by atoms with van der Waals surface area (Å²) in [5.41, 5.74) is 6.99. The van der Waals surface area contributed by atoms with Gasteiger partial charge in [-0.1, -0.05) is 0 Å². The zero-order chi connectivity index (χ0) is 16.6. The minimum Gasteiger partial charge on any atom is -0.276 e. The van der Waals surface area contributed by atoms with Gasteiger partial charge in [0, 0.05) is 11.1 Å². The van der Waals surface area contributed by atoms with Gasteiger partial charge in [0.1, 0.15) is 0 Å². The molecule has 0 aromatic heterocycles. The minimum atomic E-state index is -0.464. The smallest absolute Gasteiger partial charge is 0.252 e. The highest BCUT2D eigenvalue weighted by Gasteiger charge is 2.16. The number of carbonyl (C=O) groups is 2. The van der Waals surface area contributed by atoms with Gasteiger partial charge in [0.15, 0.2) is 0 Å². The Morgan fingerprint density at radius 3 is 1.05 bits per heavy atom. The highest BCUT2D eigenvalue weighted by molar-refractivity contribution is 6.68. The molecular formula is C18H16Cl2O2. The van der Waals surface area contributed by atoms with Crippen molar-refractivity contribution in [2.45, 2.75) is 27.7 Å². The van der Waals surface area contributed by atoms with Crippen LogP contribution >= 0.6 is 23.2 Å². The maximum absolute atomic E-state index is 11.4. The summed E-state index contributed by atoms with van der Waals surface area (Å²) >= 11 is 11.1. The van der Waals surface area contributed by atoms with Gasteiger partial charge in [0.25, 0.3) is 10.5 Å². The quantitative estimate of drug-likeness (QED) is 0.709. The summed E-state index contributed by atoms with van der Waals surface area (Å²) in [6, 6.07) is 7.16. The van der Waals surface area contributed by atoms with Crippen LogP contribution in [0.1, 0.15) is 43.0 Å². The third-order valence-electron chi connectivity index (χ3n) is 3.77. The van der Waals surface area contributed by atoms with Crippen molar-refractivity contribution in [3.63, 3.8) is 0 Å². The van der Waals surface area contributed by atoms with E-state index in [-0.39, 0.29) is 0 Å². The predicted molar refractivity (Wildman–Crippen MR) is 91.2 cm³/mol. The first kappa shape index (κ1) is 16.7. The van der Waals surface area contributed by atoms with Crippen molar-refractivity contribution in [3.05, 3.63) is 57.6 Å². The van der Waals surface area contributed by atoms with Crippen molar-refractivity contribution in [1.29, 1.82) is 0 Å². The van der Waals surface area contributed by atoms with Crippen molar-refractivity contribution in [2.24, 2.45) is 0 Å². The van der Waals surface area contributed by atoms with Gasteiger partial charge < -0.3 is 0 Å². The topological polar surface area (TPSA) is 34.1 Å². The molecule has 2 rings (SSSR count). The average molecular weight is 335 g/mol. The summed E-state index contributed by atoms with van der Waals surface area (Å²) in [5, 5.41) is -0.927. The second-order valence-electron chi connectivity index (χ2n) is 5.52. The standard InChI is InChI=1S/C18H16Cl2O2/c1-9-5-13(17(19)21)6-10(2)15(9)16-11(3)7-14(18(20)22)8-12(16)4/h5-8H,1-4H3. The first-order chi connectivity index (χ1) is 10.2. The molecule has 0 amide bonds. The van der Waals surface area contributed by atoms with Crippen molar-refractivity contribution in [3.8, 4) is 11.1 Å². The Balaban J connectivity index is 2.72. The lowest BCUT2D eigenvalue weighted by molar-refractivity contribution is 0.107. The third kappa shape index (κ3) is 3.08. The van der Waals surface area contributed by atoms with Gasteiger partial charge in [-0.25, -0.2) is 0 Å². The van der Waals surface area contributed by atoms with Gasteiger partial charge in [0.05, 0.1) is 0 Å². The van der Waals surface area contributed by atoms with Gasteiger partial charge >= 0.3 is 0 Å². The number of carbonyl (C=O) groups excluding carboxylic acids is 2. The molecule has 114 valence electrons. The fourth-order valence-corrected chi connectivity index (χ4v) is 3.16. The lowest BCUT2D eigenvalue weighted by atomic mass is 9.87. The van der Waals surface area contributed by atoms with Crippen LogP contribution in [0.2, 0.25) is 0 Å². The monoisotopic (exact) mass is 334 g/mol. The van der Waals surface area contributed by atoms with E-state index in [9.17, 15) is 9.59 Å². The molecule has 22 heavy (non-hydrogen) atoms. The first-order valence-electron chi connectivity index (χ1n) is 6.85. The maximum Gasteiger partial charge on any atom is 0.252 e. The molecule has 0 saturated carbocycles. The Morgan fingerprint density at radius 2 is 0.864 bits per heavy atom. The summed E-state index contributed by atoms with van der Waals surface area (Å²) in [6.45, 7) is 7.80. The summed E-state index contributed by atoms with van der Waals surface area (Å²) in [7, 11) is 0. The highest BCUT2D eigenvalue weighted by atomic mass is 35.5. The van der Waals surface area contributed by atoms with E-state index in [0.29, 0.717) is 11.1 Å². The van der Waals surface area contributed by atoms with E-state index < -0.39 is 10.5 Å². The number of halogens is 2. The molecule has 0 aliphatic carbocycles. The average Bonchev–Trinajstić information content (AvgIpc) is 2.40. The molecule has 0 unspecified atom stereocenters. The Morgan fingerprint density at radius 1 is 0.636 bits per heavy atom. The Kier molecular flexibility index (Phi) is 4.74. The molecule has 0 fully saturated rings. The van der Waals surface area contributed by atoms with Crippen LogP contribution in [0.25, 0.3) is 11.1 Å². The lowest BCUT2D eigenvalue weighted by Gasteiger charge is -2.17. The molecule has 2 aromatic carbocycles. The Bertz CT molecular complexity index is 678. The third-order valence-corrected chi connectivity index (χ3v) is 4.21. The van der Waals surface area contributed by atoms with E-state index in [1.807, 2.05) is 27.7 Å². The fraction of sp³-hybridized carbons (Fsp3) is 0.222. The van der Waals surface area contributed by atoms with Crippen LogP contribution in [-0.4, -0.2) is 10.5 Å². The summed E-state index contributed by atoms with van der Waals surface area (Å²) < 4.78 is 0. The molecule has 0 N–H and O–H groups in total. The van der Waals surface area contributed by atoms with Gasteiger partial charge in [-0.2, -0.15) is 0 Å². The van der Waals surface area contributed by atoms with Crippen molar-refractivity contribution in [2.75, 3.05) is 0 Å². The molecular weight excluding hydrogens is 319 g/mol. The first-order valence-corrected chi connectivity index (χ1v) is 7.60. The van der Waals surface area contributed by atoms with Crippen LogP contribution < -0.4 is 0 Å². The summed E-state index contributed by atoms with van der Waals surface area (Å²) in [4.78, 5) is 22.7. The Labute approximate surface area is 140 Å². The fourth-order valence-electron chi connectivity index (χ4n) is 2.94. The maximum atomic E-state index is 11.4. The second-order valence-corrected chi connectivity index (χ2v) is 6.20. The van der Waals surface area contributed by atoms with Crippen LogP contribution in [0.5, 0.6) is 0 Å². The van der Waals surface area contributed by atoms with E-state index in [0.717, 1.165) is 33.4 Å². The normalized spacial score (nSPS) is 10.6. The van der Waals surface area contributed by atoms with Crippen LogP contribution in [0.4, 0.5) is 0 Å². The summed E-state index contributed by atoms with van der Waals surface area (Å²) in [6.07, 6.45) is 0. The SMILES string of the molecule is Cc1cc(C(=O)Cl)cc(C)c1-c1c(C)cc(C(=O)Cl)cc1C. The molecule has 0 atom stereocenters. The van der Waals surface area contributed by atoms with E-state index in [1.165, 1.54) is 0 Å². The van der Waals surface area contributed by atoms with Gasteiger partial charge in [-0.15, -0.1) is 0 Å². The van der Waals surface area contributed by atoms with Crippen molar-refractivity contribution in [1.82, 2.24) is 0 Å². The summed E-state index contributed by atoms with van der Waals surface area (Å²) in [5.74, 6) is 0. The second kappa shape index (κ2) is 6.23. The number of hydrogen-bond donors (Lipinski definition) is 0. The largest absolute Gasteiger partial charge is 0.276 e. The molecule has 0 aliphatic heterocycles. The van der Waals surface area contributed by atoms with Crippen LogP contribution in [-0.2, 0) is 0 Å². The molecule has 4 heteroatoms. The van der Waals surface area contributed by atoms with E-state index in [2.05, 4.69) is 0 Å². The van der Waals surface area contributed by atoms with Gasteiger partial charge in [-0.3, -0.25) is 9.59 Å². The molecule has 0 radical (unpaired) electrons. The number of rotatable bonds is 3. The molecule has 0 heterocycles. The van der Waals surface area contributed by atoms with Crippen molar-refractivity contribution < 1.29 is 9.59 Å². The molecule has 0 aliphatic rings. The molecule has 0 spiro atoms. The molecule has 0 bridgehead atoms. The van der Waals surface area contributed by atoms with Crippen molar-refractivity contribution >= 4 is 33.7 Å². The highest BCUT2D eigenvalue weighted by Crippen LogP contribution is 2.34. The number of benzene rings is 2. The van der Waals surface area contributed by atoms with Crippen LogP contribution in [0.3, 0.4) is 0 Å². The van der Waals surface area contributed by atoms with Gasteiger partial charge in [0.2, 0.25) is 0 Å². The predicted octanol–water partition coefficient (Wildman–Crippen LogP) is 5.35. The van der Waals surface area contributed by atoms with E-state index in [4.69, 9.17) is 23.2 Å². The Hall–Kier alpha value is -1.64. The van der Waals surface area contributed by atoms with E-state index in [1.54, 1.807) is 24.3 Å². The lowest BCUT2D eigenvalue weighted by Crippen LogP contribution is -2.00. The molecule has 0 saturated heterocycles. The van der Waals surface area contributed by atoms with Crippen LogP contribution in [0.15, 0.2) is 24.3 Å². The zero-order valence-corrected chi connectivity index (χ0v) is 14.4. The molecule has 2 nitrogen and oxygen atoms in total. The van der Waals surface area contributed by atoms with E-state index >= 15 is 0 Å². The van der Waals surface area contributed by atoms with Crippen LogP contribution in [0, 0.1) is 27.7 Å².